The third kappa shape index (κ3) is 4.83. The molecule has 0 saturated carbocycles. The average Bonchev–Trinajstić information content (AvgIpc) is 2.86. The van der Waals surface area contributed by atoms with E-state index in [4.69, 9.17) is 4.74 Å². The minimum Gasteiger partial charge on any atom is -0.379 e. The van der Waals surface area contributed by atoms with Crippen molar-refractivity contribution >= 4 is 15.9 Å². The number of carbonyl (C=O) groups excluding carboxylic acids is 1. The molecule has 0 bridgehead atoms. The molecule has 1 fully saturated rings. The van der Waals surface area contributed by atoms with Crippen molar-refractivity contribution in [2.45, 2.75) is 10.9 Å². The summed E-state index contributed by atoms with van der Waals surface area (Å²) in [6, 6.07) is 21.8. The Bertz CT molecular complexity index is 1170. The number of hydrogen-bond donors (Lipinski definition) is 0. The first kappa shape index (κ1) is 23.1. The molecule has 6 nitrogen and oxygen atoms in total. The molecule has 8 heteroatoms. The molecule has 4 rings (SSSR count). The summed E-state index contributed by atoms with van der Waals surface area (Å²) in [5, 5.41) is 0. The molecule has 1 aliphatic heterocycles. The Morgan fingerprint density at radius 1 is 0.939 bits per heavy atom. The van der Waals surface area contributed by atoms with E-state index < -0.39 is 27.8 Å². The van der Waals surface area contributed by atoms with Gasteiger partial charge in [0.1, 0.15) is 5.82 Å². The van der Waals surface area contributed by atoms with Crippen LogP contribution in [0.15, 0.2) is 83.8 Å². The number of hydrogen-bond acceptors (Lipinski definition) is 4. The third-order valence-corrected chi connectivity index (χ3v) is 7.61. The number of sulfonamides is 1. The van der Waals surface area contributed by atoms with Crippen LogP contribution in [0, 0.1) is 5.82 Å². The Hall–Kier alpha value is -3.07. The predicted octanol–water partition coefficient (Wildman–Crippen LogP) is 3.71. The number of halogens is 1. The summed E-state index contributed by atoms with van der Waals surface area (Å²) in [6.45, 7) is 1.02. The fourth-order valence-electron chi connectivity index (χ4n) is 3.98. The second-order valence-electron chi connectivity index (χ2n) is 7.80. The van der Waals surface area contributed by atoms with Gasteiger partial charge in [-0.05, 0) is 29.3 Å². The molecule has 1 saturated heterocycles. The number of carbonyl (C=O) groups is 1. The van der Waals surface area contributed by atoms with Gasteiger partial charge in [0.05, 0.1) is 29.7 Å². The van der Waals surface area contributed by atoms with Crippen molar-refractivity contribution in [2.24, 2.45) is 0 Å². The fraction of sp³-hybridized carbons (Fsp3) is 0.240. The molecule has 3 aromatic carbocycles. The van der Waals surface area contributed by atoms with Gasteiger partial charge in [-0.25, -0.2) is 12.8 Å². The second kappa shape index (κ2) is 9.82. The zero-order chi connectivity index (χ0) is 23.4. The number of ether oxygens (including phenoxy) is 1. The van der Waals surface area contributed by atoms with Gasteiger partial charge in [0.15, 0.2) is 0 Å². The number of morpholine rings is 1. The lowest BCUT2D eigenvalue weighted by atomic mass is 9.97. The molecule has 0 spiro atoms. The second-order valence-corrected chi connectivity index (χ2v) is 9.74. The summed E-state index contributed by atoms with van der Waals surface area (Å²) in [4.78, 5) is 14.8. The quantitative estimate of drug-likeness (QED) is 0.553. The van der Waals surface area contributed by atoms with Crippen molar-refractivity contribution in [3.8, 4) is 0 Å². The van der Waals surface area contributed by atoms with E-state index in [1.54, 1.807) is 7.05 Å². The minimum absolute atomic E-state index is 0.112. The highest BCUT2D eigenvalue weighted by Gasteiger charge is 2.30. The van der Waals surface area contributed by atoms with Crippen LogP contribution in [-0.2, 0) is 14.8 Å². The van der Waals surface area contributed by atoms with E-state index in [2.05, 4.69) is 0 Å². The van der Waals surface area contributed by atoms with Crippen LogP contribution >= 0.6 is 0 Å². The van der Waals surface area contributed by atoms with Crippen LogP contribution in [0.5, 0.6) is 0 Å². The maximum atomic E-state index is 14.8. The van der Waals surface area contributed by atoms with Crippen LogP contribution in [0.4, 0.5) is 4.39 Å². The Balaban J connectivity index is 1.71. The van der Waals surface area contributed by atoms with Crippen molar-refractivity contribution in [3.05, 3.63) is 101 Å². The first-order valence-corrected chi connectivity index (χ1v) is 12.1. The molecule has 0 unspecified atom stereocenters. The first-order valence-electron chi connectivity index (χ1n) is 10.6. The van der Waals surface area contributed by atoms with Gasteiger partial charge in [-0.15, -0.1) is 0 Å². The summed E-state index contributed by atoms with van der Waals surface area (Å²) in [5.74, 6) is -1.38. The zero-order valence-electron chi connectivity index (χ0n) is 18.2. The predicted molar refractivity (Wildman–Crippen MR) is 123 cm³/mol. The van der Waals surface area contributed by atoms with Crippen LogP contribution in [0.2, 0.25) is 0 Å². The number of rotatable bonds is 6. The summed E-state index contributed by atoms with van der Waals surface area (Å²) >= 11 is 0. The Morgan fingerprint density at radius 3 is 2.03 bits per heavy atom. The van der Waals surface area contributed by atoms with Crippen LogP contribution in [-0.4, -0.2) is 56.9 Å². The average molecular weight is 469 g/mol. The Kier molecular flexibility index (Phi) is 6.88. The molecule has 0 aliphatic carbocycles. The zero-order valence-corrected chi connectivity index (χ0v) is 19.0. The summed E-state index contributed by atoms with van der Waals surface area (Å²) < 4.78 is 47.4. The minimum atomic E-state index is -3.87. The first-order chi connectivity index (χ1) is 15.9. The van der Waals surface area contributed by atoms with Gasteiger partial charge in [-0.1, -0.05) is 60.7 Å². The van der Waals surface area contributed by atoms with Gasteiger partial charge in [-0.3, -0.25) is 4.79 Å². The molecule has 0 radical (unpaired) electrons. The van der Waals surface area contributed by atoms with Gasteiger partial charge in [0.2, 0.25) is 10.0 Å². The Labute approximate surface area is 193 Å². The van der Waals surface area contributed by atoms with Gasteiger partial charge in [0.25, 0.3) is 5.91 Å². The fourth-order valence-corrected chi connectivity index (χ4v) is 5.42. The highest BCUT2D eigenvalue weighted by Crippen LogP contribution is 2.30. The molecule has 1 aliphatic rings. The molecule has 3 aromatic rings. The molecular weight excluding hydrogens is 443 g/mol. The highest BCUT2D eigenvalue weighted by atomic mass is 32.2. The van der Waals surface area contributed by atoms with Crippen molar-refractivity contribution in [3.63, 3.8) is 0 Å². The molecule has 0 N–H and O–H groups in total. The van der Waals surface area contributed by atoms with Gasteiger partial charge in [-0.2, -0.15) is 4.31 Å². The largest absolute Gasteiger partial charge is 0.379 e. The normalized spacial score (nSPS) is 14.9. The lowest BCUT2D eigenvalue weighted by Gasteiger charge is -2.30. The lowest BCUT2D eigenvalue weighted by molar-refractivity contribution is 0.0729. The van der Waals surface area contributed by atoms with Gasteiger partial charge >= 0.3 is 0 Å². The van der Waals surface area contributed by atoms with Crippen LogP contribution in [0.25, 0.3) is 0 Å². The summed E-state index contributed by atoms with van der Waals surface area (Å²) in [7, 11) is -2.28. The van der Waals surface area contributed by atoms with E-state index in [1.807, 2.05) is 60.7 Å². The van der Waals surface area contributed by atoms with E-state index in [9.17, 15) is 17.6 Å². The molecule has 0 aromatic heterocycles. The molecule has 0 atom stereocenters. The maximum absolute atomic E-state index is 14.8. The molecule has 33 heavy (non-hydrogen) atoms. The van der Waals surface area contributed by atoms with E-state index in [0.717, 1.165) is 23.3 Å². The van der Waals surface area contributed by atoms with Crippen molar-refractivity contribution in [1.29, 1.82) is 0 Å². The van der Waals surface area contributed by atoms with E-state index in [-0.39, 0.29) is 23.5 Å². The smallest absolute Gasteiger partial charge is 0.257 e. The number of benzene rings is 3. The van der Waals surface area contributed by atoms with Crippen LogP contribution in [0.1, 0.15) is 27.5 Å². The van der Waals surface area contributed by atoms with Crippen LogP contribution in [0.3, 0.4) is 0 Å². The van der Waals surface area contributed by atoms with Crippen molar-refractivity contribution < 1.29 is 22.3 Å². The third-order valence-electron chi connectivity index (χ3n) is 5.71. The van der Waals surface area contributed by atoms with E-state index in [1.165, 1.54) is 15.3 Å². The SMILES string of the molecule is CN(C(=O)c1cc(S(=O)(=O)N2CCOCC2)ccc1F)C(c1ccccc1)c1ccccc1. The maximum Gasteiger partial charge on any atom is 0.257 e. The molecule has 172 valence electrons. The molecule has 1 amide bonds. The topological polar surface area (TPSA) is 66.9 Å². The Morgan fingerprint density at radius 2 is 1.48 bits per heavy atom. The van der Waals surface area contributed by atoms with Crippen molar-refractivity contribution in [2.75, 3.05) is 33.4 Å². The van der Waals surface area contributed by atoms with Gasteiger partial charge < -0.3 is 9.64 Å². The summed E-state index contributed by atoms with van der Waals surface area (Å²) in [6.07, 6.45) is 0. The number of amides is 1. The van der Waals surface area contributed by atoms with Crippen molar-refractivity contribution in [1.82, 2.24) is 9.21 Å². The molecule has 1 heterocycles. The van der Waals surface area contributed by atoms with E-state index >= 15 is 0 Å². The van der Waals surface area contributed by atoms with Gasteiger partial charge in [0, 0.05) is 20.1 Å². The van der Waals surface area contributed by atoms with Crippen LogP contribution < -0.4 is 0 Å². The standard InChI is InChI=1S/C25H25FN2O4S/c1-27(24(19-8-4-2-5-9-19)20-10-6-3-7-11-20)25(29)22-18-21(12-13-23(22)26)33(30,31)28-14-16-32-17-15-28/h2-13,18,24H,14-17H2,1H3. The summed E-state index contributed by atoms with van der Waals surface area (Å²) in [5.41, 5.74) is 1.43. The van der Waals surface area contributed by atoms with E-state index in [0.29, 0.717) is 13.2 Å². The lowest BCUT2D eigenvalue weighted by Crippen LogP contribution is -2.40. The molecular formula is C25H25FN2O4S. The monoisotopic (exact) mass is 468 g/mol. The number of nitrogens with zero attached hydrogens (tertiary/aromatic N) is 2. The highest BCUT2D eigenvalue weighted by molar-refractivity contribution is 7.89.